The van der Waals surface area contributed by atoms with Crippen LogP contribution in [0.1, 0.15) is 40.9 Å². The predicted octanol–water partition coefficient (Wildman–Crippen LogP) is 2.69. The molecule has 5 rings (SSSR count). The van der Waals surface area contributed by atoms with Crippen LogP contribution in [0, 0.1) is 0 Å². The lowest BCUT2D eigenvalue weighted by Gasteiger charge is -2.25. The molecule has 1 amide bonds. The Hall–Kier alpha value is -3.67. The number of aromatic nitrogens is 3. The first-order chi connectivity index (χ1) is 19.7. The van der Waals surface area contributed by atoms with Crippen molar-refractivity contribution in [3.8, 4) is 0 Å². The van der Waals surface area contributed by atoms with Crippen LogP contribution in [0.25, 0.3) is 10.9 Å². The van der Waals surface area contributed by atoms with E-state index in [2.05, 4.69) is 15.7 Å². The van der Waals surface area contributed by atoms with Gasteiger partial charge in [0.2, 0.25) is 10.0 Å². The molecule has 0 saturated carbocycles. The van der Waals surface area contributed by atoms with Crippen molar-refractivity contribution in [1.29, 1.82) is 0 Å². The van der Waals surface area contributed by atoms with E-state index in [0.717, 1.165) is 40.6 Å². The fourth-order valence-electron chi connectivity index (χ4n) is 5.40. The van der Waals surface area contributed by atoms with Crippen LogP contribution in [0.15, 0.2) is 61.1 Å². The number of amides is 1. The summed E-state index contributed by atoms with van der Waals surface area (Å²) >= 11 is 0. The van der Waals surface area contributed by atoms with Gasteiger partial charge in [-0.15, -0.1) is 0 Å². The second-order valence-electron chi connectivity index (χ2n) is 10.5. The zero-order chi connectivity index (χ0) is 29.1. The van der Waals surface area contributed by atoms with Crippen LogP contribution in [0.4, 0.5) is 5.69 Å². The van der Waals surface area contributed by atoms with E-state index in [0.29, 0.717) is 30.8 Å². The van der Waals surface area contributed by atoms with Gasteiger partial charge in [0.25, 0.3) is 5.91 Å². The van der Waals surface area contributed by atoms with Crippen molar-refractivity contribution in [2.24, 2.45) is 0 Å². The summed E-state index contributed by atoms with van der Waals surface area (Å²) in [7, 11) is -1.99. The normalized spacial score (nSPS) is 16.0. The van der Waals surface area contributed by atoms with Crippen LogP contribution >= 0.6 is 0 Å². The molecule has 0 fully saturated rings. The molecule has 0 bridgehead atoms. The third kappa shape index (κ3) is 6.17. The molecule has 0 saturated heterocycles. The fourth-order valence-corrected chi connectivity index (χ4v) is 6.54. The third-order valence-electron chi connectivity index (χ3n) is 7.80. The van der Waals surface area contributed by atoms with Crippen molar-refractivity contribution >= 4 is 32.5 Å². The van der Waals surface area contributed by atoms with Crippen molar-refractivity contribution in [3.05, 3.63) is 83.3 Å². The van der Waals surface area contributed by atoms with Gasteiger partial charge in [-0.3, -0.25) is 13.8 Å². The average Bonchev–Trinajstić information content (AvgIpc) is 3.57. The first-order valence-electron chi connectivity index (χ1n) is 14.1. The molecule has 2 aromatic carbocycles. The number of aryl methyl sites for hydroxylation is 3. The number of hydrogen-bond acceptors (Lipinski definition) is 6. The van der Waals surface area contributed by atoms with E-state index in [1.807, 2.05) is 71.9 Å². The third-order valence-corrected chi connectivity index (χ3v) is 9.53. The Balaban J connectivity index is 1.41. The van der Waals surface area contributed by atoms with Crippen LogP contribution in [0.3, 0.4) is 0 Å². The number of carbonyl (C=O) groups excluding carboxylic acids is 1. The summed E-state index contributed by atoms with van der Waals surface area (Å²) in [4.78, 5) is 13.7. The molecule has 10 nitrogen and oxygen atoms in total. The number of carbonyl (C=O) groups is 1. The van der Waals surface area contributed by atoms with Gasteiger partial charge in [-0.05, 0) is 43.0 Å². The summed E-state index contributed by atoms with van der Waals surface area (Å²) in [6, 6.07) is 12.6. The Morgan fingerprint density at radius 1 is 1.12 bits per heavy atom. The Morgan fingerprint density at radius 3 is 2.61 bits per heavy atom. The zero-order valence-electron chi connectivity index (χ0n) is 23.7. The zero-order valence-corrected chi connectivity index (χ0v) is 24.6. The van der Waals surface area contributed by atoms with E-state index in [1.54, 1.807) is 12.3 Å². The standard InChI is InChI=1S/C30H38N6O4S/c1-4-23-20-35-11-12-41(39,40)34(3)27-15-24(14-25(23)29(27)35)30(38)33-26(13-21-9-7-6-8-10-21)28(37)18-31-16-22-17-32-36(5-2)19-22/h6-10,14-15,17,19-20,26,28,31,37H,4-5,11-13,16,18H2,1-3H3,(H,33,38)/t26-,28+/m0/s1. The van der Waals surface area contributed by atoms with E-state index < -0.39 is 22.2 Å². The summed E-state index contributed by atoms with van der Waals surface area (Å²) in [6.07, 6.45) is 6.06. The molecule has 3 N–H and O–H groups in total. The number of benzene rings is 2. The Kier molecular flexibility index (Phi) is 8.48. The number of hydrogen-bond donors (Lipinski definition) is 3. The van der Waals surface area contributed by atoms with Crippen molar-refractivity contribution in [1.82, 2.24) is 25.0 Å². The SMILES string of the molecule is CCc1cn2c3c(cc(C(=O)N[C@@H](Cc4ccccc4)[C@H](O)CNCc4cnn(CC)c4)cc13)N(C)S(=O)(=O)CC2. The number of nitrogens with zero attached hydrogens (tertiary/aromatic N) is 4. The van der Waals surface area contributed by atoms with Gasteiger partial charge in [0.1, 0.15) is 0 Å². The largest absolute Gasteiger partial charge is 0.390 e. The van der Waals surface area contributed by atoms with Crippen LogP contribution in [-0.2, 0) is 42.5 Å². The molecule has 0 aliphatic carbocycles. The smallest absolute Gasteiger partial charge is 0.251 e. The molecule has 0 radical (unpaired) electrons. The maximum Gasteiger partial charge on any atom is 0.251 e. The highest BCUT2D eigenvalue weighted by molar-refractivity contribution is 7.92. The summed E-state index contributed by atoms with van der Waals surface area (Å²) in [5.74, 6) is -0.373. The molecular weight excluding hydrogens is 540 g/mol. The number of aliphatic hydroxyl groups excluding tert-OH is 1. The van der Waals surface area contributed by atoms with E-state index in [9.17, 15) is 18.3 Å². The fraction of sp³-hybridized carbons (Fsp3) is 0.400. The molecule has 1 aliphatic heterocycles. The van der Waals surface area contributed by atoms with E-state index in [4.69, 9.17) is 0 Å². The first-order valence-corrected chi connectivity index (χ1v) is 15.7. The Bertz CT molecular complexity index is 1630. The summed E-state index contributed by atoms with van der Waals surface area (Å²) < 4.78 is 30.9. The van der Waals surface area contributed by atoms with Crippen molar-refractivity contribution in [2.75, 3.05) is 23.7 Å². The minimum atomic E-state index is -3.53. The summed E-state index contributed by atoms with van der Waals surface area (Å²) in [5.41, 5.74) is 4.71. The van der Waals surface area contributed by atoms with Gasteiger partial charge in [-0.1, -0.05) is 37.3 Å². The number of aliphatic hydroxyl groups is 1. The molecule has 0 spiro atoms. The van der Waals surface area contributed by atoms with Crippen LogP contribution in [0.5, 0.6) is 0 Å². The van der Waals surface area contributed by atoms with Crippen molar-refractivity contribution < 1.29 is 18.3 Å². The first kappa shape index (κ1) is 28.8. The van der Waals surface area contributed by atoms with Gasteiger partial charge in [0.15, 0.2) is 0 Å². The van der Waals surface area contributed by atoms with E-state index in [-0.39, 0.29) is 18.2 Å². The van der Waals surface area contributed by atoms with Gasteiger partial charge >= 0.3 is 0 Å². The molecule has 41 heavy (non-hydrogen) atoms. The number of nitrogens with one attached hydrogen (secondary N) is 2. The Morgan fingerprint density at radius 2 is 1.90 bits per heavy atom. The molecular formula is C30H38N6O4S. The lowest BCUT2D eigenvalue weighted by atomic mass is 9.99. The molecule has 0 unspecified atom stereocenters. The van der Waals surface area contributed by atoms with Gasteiger partial charge in [0, 0.05) is 62.1 Å². The van der Waals surface area contributed by atoms with E-state index in [1.165, 1.54) is 11.4 Å². The molecule has 2 aromatic heterocycles. The monoisotopic (exact) mass is 578 g/mol. The number of sulfonamides is 1. The molecule has 1 aliphatic rings. The lowest BCUT2D eigenvalue weighted by molar-refractivity contribution is 0.0830. The lowest BCUT2D eigenvalue weighted by Crippen LogP contribution is -2.48. The van der Waals surface area contributed by atoms with Crippen LogP contribution in [-0.4, -0.2) is 65.3 Å². The number of rotatable bonds is 11. The topological polar surface area (TPSA) is 121 Å². The second kappa shape index (κ2) is 12.1. The van der Waals surface area contributed by atoms with Crippen LogP contribution < -0.4 is 14.9 Å². The molecule has 4 aromatic rings. The average molecular weight is 579 g/mol. The van der Waals surface area contributed by atoms with Crippen molar-refractivity contribution in [2.45, 2.75) is 58.5 Å². The molecule has 11 heteroatoms. The maximum atomic E-state index is 13.7. The minimum Gasteiger partial charge on any atom is -0.390 e. The highest BCUT2D eigenvalue weighted by Gasteiger charge is 2.29. The highest BCUT2D eigenvalue weighted by Crippen LogP contribution is 2.35. The quantitative estimate of drug-likeness (QED) is 0.252. The minimum absolute atomic E-state index is 0.00970. The van der Waals surface area contributed by atoms with E-state index >= 15 is 0 Å². The van der Waals surface area contributed by atoms with Gasteiger partial charge in [-0.25, -0.2) is 8.42 Å². The summed E-state index contributed by atoms with van der Waals surface area (Å²) in [6.45, 7) is 6.02. The number of anilines is 1. The van der Waals surface area contributed by atoms with Gasteiger partial charge in [-0.2, -0.15) is 5.10 Å². The highest BCUT2D eigenvalue weighted by atomic mass is 32.2. The summed E-state index contributed by atoms with van der Waals surface area (Å²) in [5, 5.41) is 22.7. The van der Waals surface area contributed by atoms with Crippen molar-refractivity contribution in [3.63, 3.8) is 0 Å². The Labute approximate surface area is 241 Å². The second-order valence-corrected chi connectivity index (χ2v) is 12.7. The van der Waals surface area contributed by atoms with Gasteiger partial charge in [0.05, 0.1) is 35.3 Å². The van der Waals surface area contributed by atoms with Gasteiger partial charge < -0.3 is 20.3 Å². The molecule has 3 heterocycles. The maximum absolute atomic E-state index is 13.7. The molecule has 218 valence electrons. The predicted molar refractivity (Wildman–Crippen MR) is 161 cm³/mol. The molecule has 2 atom stereocenters. The van der Waals surface area contributed by atoms with Crippen LogP contribution in [0.2, 0.25) is 0 Å².